The van der Waals surface area contributed by atoms with Crippen molar-refractivity contribution in [1.29, 1.82) is 0 Å². The Morgan fingerprint density at radius 1 is 0.966 bits per heavy atom. The van der Waals surface area contributed by atoms with E-state index in [1.807, 2.05) is 43.3 Å². The number of aryl methyl sites for hydroxylation is 1. The van der Waals surface area contributed by atoms with Crippen molar-refractivity contribution in [1.82, 2.24) is 0 Å². The standard InChI is InChI=1S/C24H19NO3S/c1-16-7-9-17(10-8-16)24(27)25(18-11-13-19(28-2)14-12-18)15-22-23(26)20-5-3-4-6-21(20)29-22/h3-15H,1-2H3. The van der Waals surface area contributed by atoms with Gasteiger partial charge in [0.25, 0.3) is 5.91 Å². The summed E-state index contributed by atoms with van der Waals surface area (Å²) < 4.78 is 5.22. The van der Waals surface area contributed by atoms with Crippen molar-refractivity contribution in [3.8, 4) is 5.75 Å². The number of ketones is 1. The third-order valence-electron chi connectivity index (χ3n) is 4.69. The first-order valence-corrected chi connectivity index (χ1v) is 9.96. The minimum Gasteiger partial charge on any atom is -0.497 e. The molecule has 1 aliphatic heterocycles. The minimum absolute atomic E-state index is 0.0687. The molecule has 4 rings (SSSR count). The number of hydrogen-bond donors (Lipinski definition) is 0. The molecular formula is C24H19NO3S. The highest BCUT2D eigenvalue weighted by Gasteiger charge is 2.27. The molecule has 3 aromatic rings. The summed E-state index contributed by atoms with van der Waals surface area (Å²) in [5, 5.41) is 0. The van der Waals surface area contributed by atoms with E-state index >= 15 is 0 Å². The Bertz CT molecular complexity index is 1100. The number of methoxy groups -OCH3 is 1. The number of ether oxygens (including phenoxy) is 1. The Hall–Kier alpha value is -3.31. The van der Waals surface area contributed by atoms with E-state index in [9.17, 15) is 9.59 Å². The molecular weight excluding hydrogens is 382 g/mol. The molecule has 0 aromatic heterocycles. The Balaban J connectivity index is 1.75. The van der Waals surface area contributed by atoms with Crippen molar-refractivity contribution in [3.63, 3.8) is 0 Å². The zero-order valence-corrected chi connectivity index (χ0v) is 16.9. The van der Waals surface area contributed by atoms with Crippen molar-refractivity contribution in [3.05, 3.63) is 101 Å². The molecule has 0 N–H and O–H groups in total. The molecule has 0 bridgehead atoms. The van der Waals surface area contributed by atoms with Crippen molar-refractivity contribution in [2.24, 2.45) is 0 Å². The lowest BCUT2D eigenvalue weighted by atomic mass is 10.1. The molecule has 1 heterocycles. The van der Waals surface area contributed by atoms with Crippen LogP contribution in [0.3, 0.4) is 0 Å². The largest absolute Gasteiger partial charge is 0.497 e. The summed E-state index contributed by atoms with van der Waals surface area (Å²) in [5.41, 5.74) is 2.96. The van der Waals surface area contributed by atoms with Crippen LogP contribution in [0.2, 0.25) is 0 Å². The van der Waals surface area contributed by atoms with Gasteiger partial charge in [-0.15, -0.1) is 0 Å². The van der Waals surface area contributed by atoms with Crippen molar-refractivity contribution >= 4 is 29.1 Å². The number of carbonyl (C=O) groups is 2. The van der Waals surface area contributed by atoms with Crippen molar-refractivity contribution in [2.45, 2.75) is 11.8 Å². The van der Waals surface area contributed by atoms with Gasteiger partial charge in [0.1, 0.15) is 5.75 Å². The summed E-state index contributed by atoms with van der Waals surface area (Å²) in [4.78, 5) is 29.1. The second-order valence-electron chi connectivity index (χ2n) is 6.66. The molecule has 4 nitrogen and oxygen atoms in total. The van der Waals surface area contributed by atoms with Crippen LogP contribution < -0.4 is 9.64 Å². The van der Waals surface area contributed by atoms with E-state index in [1.54, 1.807) is 49.7 Å². The third kappa shape index (κ3) is 3.82. The molecule has 0 aliphatic carbocycles. The summed E-state index contributed by atoms with van der Waals surface area (Å²) >= 11 is 1.38. The summed E-state index contributed by atoms with van der Waals surface area (Å²) in [7, 11) is 1.59. The van der Waals surface area contributed by atoms with E-state index in [2.05, 4.69) is 0 Å². The Morgan fingerprint density at radius 2 is 1.66 bits per heavy atom. The highest BCUT2D eigenvalue weighted by molar-refractivity contribution is 8.04. The first-order valence-electron chi connectivity index (χ1n) is 9.14. The number of benzene rings is 3. The van der Waals surface area contributed by atoms with Crippen LogP contribution in [0.5, 0.6) is 5.75 Å². The van der Waals surface area contributed by atoms with Crippen molar-refractivity contribution in [2.75, 3.05) is 12.0 Å². The fraction of sp³-hybridized carbons (Fsp3) is 0.0833. The predicted molar refractivity (Wildman–Crippen MR) is 116 cm³/mol. The average Bonchev–Trinajstić information content (AvgIpc) is 3.08. The van der Waals surface area contributed by atoms with Gasteiger partial charge in [0.15, 0.2) is 0 Å². The third-order valence-corrected chi connectivity index (χ3v) is 5.78. The highest BCUT2D eigenvalue weighted by Crippen LogP contribution is 2.40. The molecule has 0 unspecified atom stereocenters. The predicted octanol–water partition coefficient (Wildman–Crippen LogP) is 5.48. The molecule has 0 spiro atoms. The monoisotopic (exact) mass is 401 g/mol. The number of carbonyl (C=O) groups excluding carboxylic acids is 2. The molecule has 0 fully saturated rings. The molecule has 0 saturated carbocycles. The van der Waals surface area contributed by atoms with E-state index in [-0.39, 0.29) is 11.7 Å². The fourth-order valence-corrected chi connectivity index (χ4v) is 4.09. The number of anilines is 1. The zero-order valence-electron chi connectivity index (χ0n) is 16.1. The van der Waals surface area contributed by atoms with Crippen LogP contribution >= 0.6 is 11.8 Å². The van der Waals surface area contributed by atoms with Gasteiger partial charge in [0.05, 0.1) is 12.0 Å². The van der Waals surface area contributed by atoms with Gasteiger partial charge in [-0.05, 0) is 55.5 Å². The van der Waals surface area contributed by atoms with E-state index in [1.165, 1.54) is 16.7 Å². The summed E-state index contributed by atoms with van der Waals surface area (Å²) in [6.45, 7) is 1.97. The normalized spacial score (nSPS) is 14.0. The molecule has 0 atom stereocenters. The zero-order chi connectivity index (χ0) is 20.4. The highest BCUT2D eigenvalue weighted by atomic mass is 32.2. The van der Waals surface area contributed by atoms with Gasteiger partial charge in [-0.1, -0.05) is 41.6 Å². The molecule has 29 heavy (non-hydrogen) atoms. The van der Waals surface area contributed by atoms with Crippen LogP contribution in [0, 0.1) is 6.92 Å². The van der Waals surface area contributed by atoms with Crippen LogP contribution in [0.4, 0.5) is 5.69 Å². The molecule has 1 aliphatic rings. The first-order chi connectivity index (χ1) is 14.1. The Labute approximate surface area is 173 Å². The quantitative estimate of drug-likeness (QED) is 0.543. The SMILES string of the molecule is COc1ccc(N(C=C2Sc3ccccc3C2=O)C(=O)c2ccc(C)cc2)cc1. The summed E-state index contributed by atoms with van der Waals surface area (Å²) in [5.74, 6) is 0.427. The van der Waals surface area contributed by atoms with Crippen molar-refractivity contribution < 1.29 is 14.3 Å². The lowest BCUT2D eigenvalue weighted by molar-refractivity contribution is 0.0997. The molecule has 144 valence electrons. The van der Waals surface area contributed by atoms with Gasteiger partial charge in [0, 0.05) is 27.9 Å². The maximum Gasteiger partial charge on any atom is 0.262 e. The average molecular weight is 401 g/mol. The van der Waals surface area contributed by atoms with Gasteiger partial charge < -0.3 is 4.74 Å². The van der Waals surface area contributed by atoms with Crippen LogP contribution in [0.15, 0.2) is 88.8 Å². The number of rotatable bonds is 4. The van der Waals surface area contributed by atoms with Crippen LogP contribution in [0.1, 0.15) is 26.3 Å². The molecule has 3 aromatic carbocycles. The summed E-state index contributed by atoms with van der Waals surface area (Å²) in [6.07, 6.45) is 1.64. The fourth-order valence-electron chi connectivity index (χ4n) is 3.07. The number of nitrogens with zero attached hydrogens (tertiary/aromatic N) is 1. The molecule has 1 amide bonds. The second kappa shape index (κ2) is 7.97. The lowest BCUT2D eigenvalue weighted by Gasteiger charge is -2.20. The number of fused-ring (bicyclic) bond motifs is 1. The van der Waals surface area contributed by atoms with Gasteiger partial charge in [-0.2, -0.15) is 0 Å². The maximum atomic E-state index is 13.3. The van der Waals surface area contributed by atoms with E-state index in [0.717, 1.165) is 10.5 Å². The maximum absolute atomic E-state index is 13.3. The van der Waals surface area contributed by atoms with E-state index < -0.39 is 0 Å². The Kier molecular flexibility index (Phi) is 5.23. The van der Waals surface area contributed by atoms with Gasteiger partial charge in [-0.25, -0.2) is 0 Å². The Morgan fingerprint density at radius 3 is 2.31 bits per heavy atom. The number of hydrogen-bond acceptors (Lipinski definition) is 4. The van der Waals surface area contributed by atoms with E-state index in [0.29, 0.717) is 27.5 Å². The van der Waals surface area contributed by atoms with E-state index in [4.69, 9.17) is 4.74 Å². The number of thioether (sulfide) groups is 1. The number of amides is 1. The minimum atomic E-state index is -0.202. The topological polar surface area (TPSA) is 46.6 Å². The second-order valence-corrected chi connectivity index (χ2v) is 7.74. The molecule has 0 radical (unpaired) electrons. The van der Waals surface area contributed by atoms with Crippen LogP contribution in [0.25, 0.3) is 0 Å². The number of Topliss-reactive ketones (excluding diaryl/α,β-unsaturated/α-hetero) is 1. The molecule has 0 saturated heterocycles. The summed E-state index contributed by atoms with van der Waals surface area (Å²) in [6, 6.07) is 22.1. The van der Waals surface area contributed by atoms with Crippen LogP contribution in [-0.2, 0) is 0 Å². The number of allylic oxidation sites excluding steroid dienone is 1. The molecule has 5 heteroatoms. The van der Waals surface area contributed by atoms with Gasteiger partial charge >= 0.3 is 0 Å². The first kappa shape index (κ1) is 19.0. The lowest BCUT2D eigenvalue weighted by Crippen LogP contribution is -2.26. The smallest absolute Gasteiger partial charge is 0.262 e. The van der Waals surface area contributed by atoms with Gasteiger partial charge in [-0.3, -0.25) is 14.5 Å². The van der Waals surface area contributed by atoms with Crippen LogP contribution in [-0.4, -0.2) is 18.8 Å². The van der Waals surface area contributed by atoms with Gasteiger partial charge in [0.2, 0.25) is 5.78 Å².